The van der Waals surface area contributed by atoms with Crippen LogP contribution in [0, 0.1) is 0 Å². The Labute approximate surface area is 94.6 Å². The molecule has 3 nitrogen and oxygen atoms in total. The minimum Gasteiger partial charge on any atom is -0.317 e. The van der Waals surface area contributed by atoms with Gasteiger partial charge in [0.1, 0.15) is 0 Å². The van der Waals surface area contributed by atoms with Crippen LogP contribution >= 0.6 is 0 Å². The van der Waals surface area contributed by atoms with Crippen molar-refractivity contribution in [3.63, 3.8) is 0 Å². The molecule has 0 saturated carbocycles. The first-order valence-electron chi connectivity index (χ1n) is 6.23. The number of piperazine rings is 1. The normalized spacial score (nSPS) is 21.6. The number of nitrogens with zero attached hydrogens (tertiary/aromatic N) is 1. The lowest BCUT2D eigenvalue weighted by molar-refractivity contribution is 0.0857. The van der Waals surface area contributed by atoms with E-state index in [2.05, 4.69) is 43.4 Å². The van der Waals surface area contributed by atoms with Gasteiger partial charge in [-0.25, -0.2) is 0 Å². The molecule has 1 unspecified atom stereocenters. The van der Waals surface area contributed by atoms with Crippen LogP contribution in [0.5, 0.6) is 0 Å². The summed E-state index contributed by atoms with van der Waals surface area (Å²) < 4.78 is 0. The molecule has 2 N–H and O–H groups in total. The third kappa shape index (κ3) is 3.74. The van der Waals surface area contributed by atoms with Crippen LogP contribution in [-0.2, 0) is 0 Å². The highest BCUT2D eigenvalue weighted by Gasteiger charge is 2.29. The summed E-state index contributed by atoms with van der Waals surface area (Å²) in [6, 6.07) is 0.648. The van der Waals surface area contributed by atoms with Gasteiger partial charge in [0.25, 0.3) is 0 Å². The second-order valence-electron chi connectivity index (χ2n) is 5.15. The maximum atomic E-state index is 3.41. The Morgan fingerprint density at radius 1 is 1.33 bits per heavy atom. The van der Waals surface area contributed by atoms with Crippen LogP contribution in [0.25, 0.3) is 0 Å². The van der Waals surface area contributed by atoms with Crippen LogP contribution in [-0.4, -0.2) is 49.7 Å². The summed E-state index contributed by atoms with van der Waals surface area (Å²) >= 11 is 0. The Morgan fingerprint density at radius 2 is 1.93 bits per heavy atom. The van der Waals surface area contributed by atoms with Crippen LogP contribution in [0.2, 0.25) is 0 Å². The average Bonchev–Trinajstić information content (AvgIpc) is 2.27. The number of hydrogen-bond donors (Lipinski definition) is 2. The van der Waals surface area contributed by atoms with Crippen LogP contribution in [0.15, 0.2) is 0 Å². The topological polar surface area (TPSA) is 27.3 Å². The maximum absolute atomic E-state index is 3.41. The molecule has 0 radical (unpaired) electrons. The molecule has 1 atom stereocenters. The summed E-state index contributed by atoms with van der Waals surface area (Å²) in [6.45, 7) is 11.7. The molecule has 3 heteroatoms. The predicted molar refractivity (Wildman–Crippen MR) is 66.3 cm³/mol. The van der Waals surface area contributed by atoms with Gasteiger partial charge in [0.15, 0.2) is 0 Å². The smallest absolute Gasteiger partial charge is 0.0169 e. The second-order valence-corrected chi connectivity index (χ2v) is 5.15. The minimum absolute atomic E-state index is 0.325. The van der Waals surface area contributed by atoms with Gasteiger partial charge in [0.2, 0.25) is 0 Å². The Bertz CT molecular complexity index is 170. The fourth-order valence-electron chi connectivity index (χ4n) is 2.45. The van der Waals surface area contributed by atoms with Crippen molar-refractivity contribution in [3.8, 4) is 0 Å². The lowest BCUT2D eigenvalue weighted by Gasteiger charge is -2.43. The van der Waals surface area contributed by atoms with Crippen LogP contribution in [0.1, 0.15) is 33.6 Å². The van der Waals surface area contributed by atoms with E-state index in [1.807, 2.05) is 0 Å². The van der Waals surface area contributed by atoms with Crippen LogP contribution in [0.3, 0.4) is 0 Å². The molecule has 1 fully saturated rings. The van der Waals surface area contributed by atoms with Gasteiger partial charge in [0.05, 0.1) is 0 Å². The summed E-state index contributed by atoms with van der Waals surface area (Å²) in [7, 11) is 2.07. The van der Waals surface area contributed by atoms with Gasteiger partial charge in [-0.15, -0.1) is 0 Å². The fraction of sp³-hybridized carbons (Fsp3) is 1.00. The quantitative estimate of drug-likeness (QED) is 0.715. The molecule has 1 aliphatic heterocycles. The Hall–Kier alpha value is -0.120. The number of hydrogen-bond acceptors (Lipinski definition) is 3. The highest BCUT2D eigenvalue weighted by Crippen LogP contribution is 2.22. The zero-order valence-electron chi connectivity index (χ0n) is 10.8. The molecular weight excluding hydrogens is 186 g/mol. The first kappa shape index (κ1) is 12.9. The van der Waals surface area contributed by atoms with E-state index in [4.69, 9.17) is 0 Å². The minimum atomic E-state index is 0.325. The van der Waals surface area contributed by atoms with Gasteiger partial charge >= 0.3 is 0 Å². The van der Waals surface area contributed by atoms with E-state index >= 15 is 0 Å². The van der Waals surface area contributed by atoms with E-state index in [0.717, 1.165) is 13.1 Å². The Balaban J connectivity index is 2.47. The van der Waals surface area contributed by atoms with Crippen LogP contribution in [0.4, 0.5) is 0 Å². The van der Waals surface area contributed by atoms with Crippen molar-refractivity contribution in [1.82, 2.24) is 15.5 Å². The summed E-state index contributed by atoms with van der Waals surface area (Å²) in [5.41, 5.74) is 0.325. The molecule has 15 heavy (non-hydrogen) atoms. The van der Waals surface area contributed by atoms with Crippen molar-refractivity contribution < 1.29 is 0 Å². The summed E-state index contributed by atoms with van der Waals surface area (Å²) in [6.07, 6.45) is 2.45. The van der Waals surface area contributed by atoms with E-state index < -0.39 is 0 Å². The molecule has 1 saturated heterocycles. The zero-order valence-corrected chi connectivity index (χ0v) is 10.8. The van der Waals surface area contributed by atoms with E-state index in [1.165, 1.54) is 25.9 Å². The highest BCUT2D eigenvalue weighted by molar-refractivity contribution is 4.88. The molecular formula is C12H27N3. The van der Waals surface area contributed by atoms with Crippen molar-refractivity contribution in [2.75, 3.05) is 33.2 Å². The van der Waals surface area contributed by atoms with Crippen molar-refractivity contribution in [1.29, 1.82) is 0 Å². The molecule has 0 aliphatic carbocycles. The van der Waals surface area contributed by atoms with Gasteiger partial charge in [0, 0.05) is 37.8 Å². The van der Waals surface area contributed by atoms with Gasteiger partial charge in [-0.2, -0.15) is 0 Å². The molecule has 1 rings (SSSR count). The molecule has 0 aromatic heterocycles. The Morgan fingerprint density at radius 3 is 2.40 bits per heavy atom. The van der Waals surface area contributed by atoms with Gasteiger partial charge in [-0.3, -0.25) is 4.90 Å². The molecule has 0 spiro atoms. The standard InChI is InChI=1S/C12H27N3/c1-5-11(13-4)10-12(2,3)15-8-6-14-7-9-15/h11,13-14H,5-10H2,1-4H3. The molecule has 0 aromatic carbocycles. The van der Waals surface area contributed by atoms with Crippen LogP contribution < -0.4 is 10.6 Å². The molecule has 90 valence electrons. The molecule has 0 aromatic rings. The largest absolute Gasteiger partial charge is 0.317 e. The third-order valence-corrected chi connectivity index (χ3v) is 3.62. The summed E-state index contributed by atoms with van der Waals surface area (Å²) in [5.74, 6) is 0. The van der Waals surface area contributed by atoms with E-state index in [-0.39, 0.29) is 0 Å². The second kappa shape index (κ2) is 5.83. The molecule has 0 amide bonds. The summed E-state index contributed by atoms with van der Waals surface area (Å²) in [4.78, 5) is 2.61. The maximum Gasteiger partial charge on any atom is 0.0169 e. The van der Waals surface area contributed by atoms with E-state index in [9.17, 15) is 0 Å². The van der Waals surface area contributed by atoms with Gasteiger partial charge in [-0.1, -0.05) is 6.92 Å². The Kier molecular flexibility index (Phi) is 5.03. The van der Waals surface area contributed by atoms with Crippen molar-refractivity contribution in [2.45, 2.75) is 45.2 Å². The first-order valence-corrected chi connectivity index (χ1v) is 6.23. The lowest BCUT2D eigenvalue weighted by atomic mass is 9.91. The third-order valence-electron chi connectivity index (χ3n) is 3.62. The van der Waals surface area contributed by atoms with Gasteiger partial charge in [-0.05, 0) is 33.7 Å². The molecule has 0 bridgehead atoms. The molecule has 1 aliphatic rings. The highest BCUT2D eigenvalue weighted by atomic mass is 15.2. The van der Waals surface area contributed by atoms with Crippen molar-refractivity contribution >= 4 is 0 Å². The molecule has 1 heterocycles. The first-order chi connectivity index (χ1) is 7.10. The predicted octanol–water partition coefficient (Wildman–Crippen LogP) is 1.06. The van der Waals surface area contributed by atoms with Crippen molar-refractivity contribution in [3.05, 3.63) is 0 Å². The van der Waals surface area contributed by atoms with E-state index in [0.29, 0.717) is 11.6 Å². The monoisotopic (exact) mass is 213 g/mol. The SMILES string of the molecule is CCC(CC(C)(C)N1CCNCC1)NC. The van der Waals surface area contributed by atoms with Crippen molar-refractivity contribution in [2.24, 2.45) is 0 Å². The average molecular weight is 213 g/mol. The fourth-order valence-corrected chi connectivity index (χ4v) is 2.45. The van der Waals surface area contributed by atoms with E-state index in [1.54, 1.807) is 0 Å². The lowest BCUT2D eigenvalue weighted by Crippen LogP contribution is -2.55. The number of nitrogens with one attached hydrogen (secondary N) is 2. The zero-order chi connectivity index (χ0) is 11.3. The number of rotatable bonds is 5. The summed E-state index contributed by atoms with van der Waals surface area (Å²) in [5, 5.41) is 6.82. The van der Waals surface area contributed by atoms with Gasteiger partial charge < -0.3 is 10.6 Å².